The summed E-state index contributed by atoms with van der Waals surface area (Å²) in [5, 5.41) is 11.0. The first-order valence-electron chi connectivity index (χ1n) is 5.18. The SMILES string of the molecule is COC(=Cc1ccc2ccccc2c1)C(=O)O. The normalized spacial score (nSPS) is 11.5. The van der Waals surface area contributed by atoms with Crippen LogP contribution in [-0.4, -0.2) is 18.2 Å². The maximum absolute atomic E-state index is 10.8. The fourth-order valence-corrected chi connectivity index (χ4v) is 1.66. The number of benzene rings is 2. The molecular weight excluding hydrogens is 216 g/mol. The van der Waals surface area contributed by atoms with Crippen molar-refractivity contribution in [2.45, 2.75) is 0 Å². The molecule has 3 heteroatoms. The number of hydrogen-bond donors (Lipinski definition) is 1. The Kier molecular flexibility index (Phi) is 3.10. The first-order chi connectivity index (χ1) is 8.20. The van der Waals surface area contributed by atoms with Crippen molar-refractivity contribution in [2.75, 3.05) is 7.11 Å². The maximum Gasteiger partial charge on any atom is 0.371 e. The van der Waals surface area contributed by atoms with E-state index in [1.165, 1.54) is 13.2 Å². The molecular formula is C14H12O3. The van der Waals surface area contributed by atoms with Gasteiger partial charge in [-0.3, -0.25) is 0 Å². The van der Waals surface area contributed by atoms with Crippen LogP contribution in [0, 0.1) is 0 Å². The Hall–Kier alpha value is -2.29. The summed E-state index contributed by atoms with van der Waals surface area (Å²) in [5.41, 5.74) is 0.808. The number of carboxylic acid groups (broad SMARTS) is 1. The molecule has 0 saturated carbocycles. The molecule has 2 aromatic rings. The van der Waals surface area contributed by atoms with Crippen LogP contribution in [0.15, 0.2) is 48.2 Å². The van der Waals surface area contributed by atoms with Gasteiger partial charge in [0, 0.05) is 0 Å². The highest BCUT2D eigenvalue weighted by molar-refractivity contribution is 5.91. The monoisotopic (exact) mass is 228 g/mol. The summed E-state index contributed by atoms with van der Waals surface area (Å²) in [6.07, 6.45) is 1.51. The number of rotatable bonds is 3. The maximum atomic E-state index is 10.8. The van der Waals surface area contributed by atoms with E-state index in [2.05, 4.69) is 0 Å². The molecule has 1 N–H and O–H groups in total. The van der Waals surface area contributed by atoms with Gasteiger partial charge in [-0.25, -0.2) is 4.79 Å². The minimum Gasteiger partial charge on any atom is -0.490 e. The van der Waals surface area contributed by atoms with E-state index in [1.54, 1.807) is 0 Å². The van der Waals surface area contributed by atoms with Gasteiger partial charge in [0.15, 0.2) is 0 Å². The highest BCUT2D eigenvalue weighted by Gasteiger charge is 2.06. The average Bonchev–Trinajstić information content (AvgIpc) is 2.35. The molecule has 0 heterocycles. The minimum atomic E-state index is -1.07. The molecule has 0 radical (unpaired) electrons. The molecule has 0 aliphatic carbocycles. The van der Waals surface area contributed by atoms with Crippen LogP contribution in [0.2, 0.25) is 0 Å². The van der Waals surface area contributed by atoms with Crippen molar-refractivity contribution in [3.05, 3.63) is 53.8 Å². The molecule has 17 heavy (non-hydrogen) atoms. The van der Waals surface area contributed by atoms with Crippen molar-refractivity contribution < 1.29 is 14.6 Å². The van der Waals surface area contributed by atoms with Crippen molar-refractivity contribution in [1.29, 1.82) is 0 Å². The van der Waals surface area contributed by atoms with Crippen LogP contribution in [0.4, 0.5) is 0 Å². The second-order valence-corrected chi connectivity index (χ2v) is 3.62. The van der Waals surface area contributed by atoms with E-state index < -0.39 is 5.97 Å². The van der Waals surface area contributed by atoms with E-state index in [1.807, 2.05) is 42.5 Å². The lowest BCUT2D eigenvalue weighted by Crippen LogP contribution is -2.01. The Balaban J connectivity index is 2.46. The van der Waals surface area contributed by atoms with Crippen molar-refractivity contribution in [2.24, 2.45) is 0 Å². The largest absolute Gasteiger partial charge is 0.490 e. The van der Waals surface area contributed by atoms with Crippen molar-refractivity contribution in [3.63, 3.8) is 0 Å². The third-order valence-corrected chi connectivity index (χ3v) is 2.50. The van der Waals surface area contributed by atoms with E-state index in [4.69, 9.17) is 9.84 Å². The number of fused-ring (bicyclic) bond motifs is 1. The quantitative estimate of drug-likeness (QED) is 0.649. The minimum absolute atomic E-state index is 0.0692. The summed E-state index contributed by atoms with van der Waals surface area (Å²) in [7, 11) is 1.35. The van der Waals surface area contributed by atoms with Crippen molar-refractivity contribution in [1.82, 2.24) is 0 Å². The molecule has 0 atom stereocenters. The first kappa shape index (κ1) is 11.2. The zero-order valence-electron chi connectivity index (χ0n) is 9.38. The van der Waals surface area contributed by atoms with E-state index in [-0.39, 0.29) is 5.76 Å². The van der Waals surface area contributed by atoms with Crippen LogP contribution in [0.25, 0.3) is 16.8 Å². The zero-order valence-corrected chi connectivity index (χ0v) is 9.38. The summed E-state index contributed by atoms with van der Waals surface area (Å²) in [6, 6.07) is 13.7. The Morgan fingerprint density at radius 3 is 2.53 bits per heavy atom. The lowest BCUT2D eigenvalue weighted by Gasteiger charge is -2.02. The molecule has 0 spiro atoms. The van der Waals surface area contributed by atoms with Crippen LogP contribution in [0.3, 0.4) is 0 Å². The molecule has 0 unspecified atom stereocenters. The van der Waals surface area contributed by atoms with E-state index in [0.717, 1.165) is 16.3 Å². The zero-order chi connectivity index (χ0) is 12.3. The van der Waals surface area contributed by atoms with Gasteiger partial charge in [-0.1, -0.05) is 36.4 Å². The average molecular weight is 228 g/mol. The predicted molar refractivity (Wildman–Crippen MR) is 66.6 cm³/mol. The molecule has 0 fully saturated rings. The highest BCUT2D eigenvalue weighted by atomic mass is 16.5. The van der Waals surface area contributed by atoms with Crippen molar-refractivity contribution >= 4 is 22.8 Å². The Morgan fingerprint density at radius 1 is 1.18 bits per heavy atom. The second kappa shape index (κ2) is 4.70. The molecule has 3 nitrogen and oxygen atoms in total. The summed E-state index contributed by atoms with van der Waals surface area (Å²) in [4.78, 5) is 10.8. The lowest BCUT2D eigenvalue weighted by molar-refractivity contribution is -0.135. The molecule has 0 bridgehead atoms. The molecule has 0 aromatic heterocycles. The first-order valence-corrected chi connectivity index (χ1v) is 5.18. The molecule has 86 valence electrons. The van der Waals surface area contributed by atoms with Crippen LogP contribution >= 0.6 is 0 Å². The molecule has 0 aliphatic heterocycles. The third kappa shape index (κ3) is 2.45. The number of methoxy groups -OCH3 is 1. The summed E-state index contributed by atoms with van der Waals surface area (Å²) in [6.45, 7) is 0. The third-order valence-electron chi connectivity index (χ3n) is 2.50. The smallest absolute Gasteiger partial charge is 0.371 e. The van der Waals surface area contributed by atoms with E-state index in [9.17, 15) is 4.79 Å². The fourth-order valence-electron chi connectivity index (χ4n) is 1.66. The molecule has 0 amide bonds. The predicted octanol–water partition coefficient (Wildman–Crippen LogP) is 2.91. The Labute approximate surface area is 99.0 Å². The molecule has 2 aromatic carbocycles. The van der Waals surface area contributed by atoms with Gasteiger partial charge in [0.2, 0.25) is 5.76 Å². The number of carbonyl (C=O) groups is 1. The van der Waals surface area contributed by atoms with Crippen LogP contribution in [0.5, 0.6) is 0 Å². The van der Waals surface area contributed by atoms with Gasteiger partial charge in [0.25, 0.3) is 0 Å². The van der Waals surface area contributed by atoms with Crippen molar-refractivity contribution in [3.8, 4) is 0 Å². The summed E-state index contributed by atoms with van der Waals surface area (Å²) < 4.78 is 4.79. The molecule has 2 rings (SSSR count). The van der Waals surface area contributed by atoms with Gasteiger partial charge in [-0.05, 0) is 28.5 Å². The fraction of sp³-hybridized carbons (Fsp3) is 0.0714. The molecule has 0 aliphatic rings. The summed E-state index contributed by atoms with van der Waals surface area (Å²) >= 11 is 0. The Morgan fingerprint density at radius 2 is 1.88 bits per heavy atom. The number of carboxylic acids is 1. The number of ether oxygens (including phenoxy) is 1. The standard InChI is InChI=1S/C14H12O3/c1-17-13(14(15)16)9-10-6-7-11-4-2-3-5-12(11)8-10/h2-9H,1H3,(H,15,16). The topological polar surface area (TPSA) is 46.5 Å². The van der Waals surface area contributed by atoms with Crippen LogP contribution in [0.1, 0.15) is 5.56 Å². The van der Waals surface area contributed by atoms with Gasteiger partial charge >= 0.3 is 5.97 Å². The van der Waals surface area contributed by atoms with E-state index >= 15 is 0 Å². The molecule has 0 saturated heterocycles. The second-order valence-electron chi connectivity index (χ2n) is 3.62. The van der Waals surface area contributed by atoms with Crippen LogP contribution < -0.4 is 0 Å². The van der Waals surface area contributed by atoms with Gasteiger partial charge < -0.3 is 9.84 Å². The van der Waals surface area contributed by atoms with Gasteiger partial charge in [-0.15, -0.1) is 0 Å². The lowest BCUT2D eigenvalue weighted by atomic mass is 10.1. The number of aliphatic carboxylic acids is 1. The Bertz CT molecular complexity index is 585. The number of hydrogen-bond acceptors (Lipinski definition) is 2. The van der Waals surface area contributed by atoms with Gasteiger partial charge in [-0.2, -0.15) is 0 Å². The van der Waals surface area contributed by atoms with Crippen LogP contribution in [-0.2, 0) is 9.53 Å². The summed E-state index contributed by atoms with van der Waals surface area (Å²) in [5.74, 6) is -1.14. The van der Waals surface area contributed by atoms with Gasteiger partial charge in [0.05, 0.1) is 7.11 Å². The van der Waals surface area contributed by atoms with Gasteiger partial charge in [0.1, 0.15) is 0 Å². The van der Waals surface area contributed by atoms with E-state index in [0.29, 0.717) is 0 Å². The highest BCUT2D eigenvalue weighted by Crippen LogP contribution is 2.17.